The van der Waals surface area contributed by atoms with Gasteiger partial charge in [-0.2, -0.15) is 0 Å². The Balaban J connectivity index is 1.52. The highest BCUT2D eigenvalue weighted by molar-refractivity contribution is 5.89. The second-order valence-electron chi connectivity index (χ2n) is 6.10. The molecule has 120 valence electrons. The molecular formula is C18H24O4. The van der Waals surface area contributed by atoms with Crippen LogP contribution in [0.25, 0.3) is 0 Å². The molecule has 0 radical (unpaired) electrons. The fraction of sp³-hybridized carbons (Fsp3) is 0.611. The highest BCUT2D eigenvalue weighted by atomic mass is 16.7. The van der Waals surface area contributed by atoms with Crippen molar-refractivity contribution in [3.8, 4) is 5.75 Å². The van der Waals surface area contributed by atoms with Gasteiger partial charge in [0.1, 0.15) is 11.9 Å². The first-order valence-corrected chi connectivity index (χ1v) is 8.40. The number of rotatable bonds is 4. The number of ether oxygens (including phenoxy) is 3. The van der Waals surface area contributed by atoms with E-state index >= 15 is 0 Å². The summed E-state index contributed by atoms with van der Waals surface area (Å²) >= 11 is 0. The molecule has 1 aromatic rings. The van der Waals surface area contributed by atoms with Gasteiger partial charge in [0.25, 0.3) is 0 Å². The van der Waals surface area contributed by atoms with E-state index in [1.54, 1.807) is 12.1 Å². The molecule has 2 aliphatic rings. The van der Waals surface area contributed by atoms with Crippen LogP contribution in [0, 0.1) is 0 Å². The summed E-state index contributed by atoms with van der Waals surface area (Å²) in [6, 6.07) is 7.16. The van der Waals surface area contributed by atoms with Crippen LogP contribution < -0.4 is 4.74 Å². The summed E-state index contributed by atoms with van der Waals surface area (Å²) < 4.78 is 16.9. The first-order chi connectivity index (χ1) is 10.8. The van der Waals surface area contributed by atoms with E-state index in [0.29, 0.717) is 5.56 Å². The molecule has 1 aliphatic carbocycles. The zero-order valence-electron chi connectivity index (χ0n) is 13.0. The van der Waals surface area contributed by atoms with E-state index in [4.69, 9.17) is 14.2 Å². The van der Waals surface area contributed by atoms with Crippen molar-refractivity contribution in [1.82, 2.24) is 0 Å². The van der Waals surface area contributed by atoms with Crippen molar-refractivity contribution in [3.63, 3.8) is 0 Å². The standard InChI is InChI=1S/C18H24O4/c19-18(22-15-6-2-1-3-7-15)14-9-11-16(12-10-14)21-17-8-4-5-13-20-17/h9-12,15,17H,1-8,13H2. The SMILES string of the molecule is O=C(OC1CCCCC1)c1ccc(OC2CCCCO2)cc1. The van der Waals surface area contributed by atoms with Crippen LogP contribution in [0.15, 0.2) is 24.3 Å². The molecule has 0 spiro atoms. The molecular weight excluding hydrogens is 280 g/mol. The van der Waals surface area contributed by atoms with Crippen LogP contribution in [-0.2, 0) is 9.47 Å². The van der Waals surface area contributed by atoms with E-state index in [0.717, 1.165) is 57.3 Å². The molecule has 0 amide bonds. The van der Waals surface area contributed by atoms with E-state index < -0.39 is 0 Å². The van der Waals surface area contributed by atoms with Gasteiger partial charge in [-0.3, -0.25) is 0 Å². The third-order valence-corrected chi connectivity index (χ3v) is 4.32. The summed E-state index contributed by atoms with van der Waals surface area (Å²) in [7, 11) is 0. The Kier molecular flexibility index (Phi) is 5.33. The molecule has 2 fully saturated rings. The number of esters is 1. The molecule has 1 aromatic carbocycles. The monoisotopic (exact) mass is 304 g/mol. The zero-order valence-corrected chi connectivity index (χ0v) is 13.0. The van der Waals surface area contributed by atoms with E-state index in [-0.39, 0.29) is 18.4 Å². The van der Waals surface area contributed by atoms with Gasteiger partial charge in [-0.05, 0) is 62.8 Å². The number of benzene rings is 1. The van der Waals surface area contributed by atoms with Gasteiger partial charge in [-0.15, -0.1) is 0 Å². The molecule has 4 heteroatoms. The Morgan fingerprint density at radius 2 is 1.68 bits per heavy atom. The number of carbonyl (C=O) groups is 1. The van der Waals surface area contributed by atoms with Gasteiger partial charge in [-0.25, -0.2) is 4.79 Å². The van der Waals surface area contributed by atoms with Crippen molar-refractivity contribution < 1.29 is 19.0 Å². The maximum atomic E-state index is 12.1. The summed E-state index contributed by atoms with van der Waals surface area (Å²) in [6.07, 6.45) is 8.65. The molecule has 4 nitrogen and oxygen atoms in total. The van der Waals surface area contributed by atoms with Crippen LogP contribution in [0.2, 0.25) is 0 Å². The van der Waals surface area contributed by atoms with Crippen LogP contribution in [-0.4, -0.2) is 25.0 Å². The lowest BCUT2D eigenvalue weighted by Crippen LogP contribution is -2.25. The maximum Gasteiger partial charge on any atom is 0.338 e. The molecule has 0 N–H and O–H groups in total. The van der Waals surface area contributed by atoms with Gasteiger partial charge < -0.3 is 14.2 Å². The van der Waals surface area contributed by atoms with Crippen LogP contribution in [0.5, 0.6) is 5.75 Å². The smallest absolute Gasteiger partial charge is 0.338 e. The fourth-order valence-electron chi connectivity index (χ4n) is 3.03. The average Bonchev–Trinajstić information content (AvgIpc) is 2.57. The molecule has 1 saturated carbocycles. The first-order valence-electron chi connectivity index (χ1n) is 8.40. The predicted octanol–water partition coefficient (Wildman–Crippen LogP) is 4.08. The second kappa shape index (κ2) is 7.63. The Hall–Kier alpha value is -1.55. The Bertz CT molecular complexity index is 470. The van der Waals surface area contributed by atoms with Crippen LogP contribution >= 0.6 is 0 Å². The predicted molar refractivity (Wildman–Crippen MR) is 82.9 cm³/mol. The van der Waals surface area contributed by atoms with Crippen LogP contribution in [0.1, 0.15) is 61.7 Å². The Morgan fingerprint density at radius 3 is 2.36 bits per heavy atom. The highest BCUT2D eigenvalue weighted by Gasteiger charge is 2.19. The lowest BCUT2D eigenvalue weighted by Gasteiger charge is -2.23. The highest BCUT2D eigenvalue weighted by Crippen LogP contribution is 2.23. The van der Waals surface area contributed by atoms with E-state index in [1.807, 2.05) is 12.1 Å². The van der Waals surface area contributed by atoms with Crippen LogP contribution in [0.4, 0.5) is 0 Å². The molecule has 22 heavy (non-hydrogen) atoms. The van der Waals surface area contributed by atoms with Crippen molar-refractivity contribution in [2.45, 2.75) is 63.8 Å². The van der Waals surface area contributed by atoms with E-state index in [9.17, 15) is 4.79 Å². The third kappa shape index (κ3) is 4.23. The summed E-state index contributed by atoms with van der Waals surface area (Å²) in [6.45, 7) is 0.760. The van der Waals surface area contributed by atoms with Crippen molar-refractivity contribution >= 4 is 5.97 Å². The largest absolute Gasteiger partial charge is 0.465 e. The van der Waals surface area contributed by atoms with Gasteiger partial charge in [-0.1, -0.05) is 6.42 Å². The minimum absolute atomic E-state index is 0.0906. The summed E-state index contributed by atoms with van der Waals surface area (Å²) in [5, 5.41) is 0. The maximum absolute atomic E-state index is 12.1. The lowest BCUT2D eigenvalue weighted by molar-refractivity contribution is -0.105. The van der Waals surface area contributed by atoms with Gasteiger partial charge in [0.15, 0.2) is 6.29 Å². The Morgan fingerprint density at radius 1 is 0.955 bits per heavy atom. The lowest BCUT2D eigenvalue weighted by atomic mass is 9.98. The Labute approximate surface area is 131 Å². The van der Waals surface area contributed by atoms with Gasteiger partial charge in [0.05, 0.1) is 12.2 Å². The molecule has 1 heterocycles. The van der Waals surface area contributed by atoms with Crippen molar-refractivity contribution in [1.29, 1.82) is 0 Å². The molecule has 1 aliphatic heterocycles. The minimum atomic E-state index is -0.229. The molecule has 0 aromatic heterocycles. The molecule has 3 rings (SSSR count). The summed E-state index contributed by atoms with van der Waals surface area (Å²) in [4.78, 5) is 12.1. The fourth-order valence-corrected chi connectivity index (χ4v) is 3.03. The average molecular weight is 304 g/mol. The first kappa shape index (κ1) is 15.3. The minimum Gasteiger partial charge on any atom is -0.465 e. The quantitative estimate of drug-likeness (QED) is 0.786. The van der Waals surface area contributed by atoms with Gasteiger partial charge in [0, 0.05) is 6.42 Å². The van der Waals surface area contributed by atoms with E-state index in [2.05, 4.69) is 0 Å². The molecule has 1 unspecified atom stereocenters. The molecule has 1 atom stereocenters. The summed E-state index contributed by atoms with van der Waals surface area (Å²) in [5.41, 5.74) is 0.586. The molecule has 0 bridgehead atoms. The van der Waals surface area contributed by atoms with Crippen molar-refractivity contribution in [3.05, 3.63) is 29.8 Å². The zero-order chi connectivity index (χ0) is 15.2. The number of hydrogen-bond acceptors (Lipinski definition) is 4. The summed E-state index contributed by atoms with van der Waals surface area (Å²) in [5.74, 6) is 0.508. The van der Waals surface area contributed by atoms with Crippen LogP contribution in [0.3, 0.4) is 0 Å². The van der Waals surface area contributed by atoms with Crippen molar-refractivity contribution in [2.24, 2.45) is 0 Å². The third-order valence-electron chi connectivity index (χ3n) is 4.32. The van der Waals surface area contributed by atoms with E-state index in [1.165, 1.54) is 6.42 Å². The van der Waals surface area contributed by atoms with Crippen molar-refractivity contribution in [2.75, 3.05) is 6.61 Å². The normalized spacial score (nSPS) is 23.0. The number of hydrogen-bond donors (Lipinski definition) is 0. The number of carbonyl (C=O) groups excluding carboxylic acids is 1. The van der Waals surface area contributed by atoms with Gasteiger partial charge >= 0.3 is 5.97 Å². The second-order valence-corrected chi connectivity index (χ2v) is 6.10. The molecule has 1 saturated heterocycles. The van der Waals surface area contributed by atoms with Gasteiger partial charge in [0.2, 0.25) is 0 Å². The topological polar surface area (TPSA) is 44.8 Å².